The lowest BCUT2D eigenvalue weighted by Crippen LogP contribution is -2.45. The molecule has 1 aliphatic rings. The van der Waals surface area contributed by atoms with Crippen LogP contribution in [-0.4, -0.2) is 56.1 Å². The van der Waals surface area contributed by atoms with Gasteiger partial charge in [-0.2, -0.15) is 0 Å². The Kier molecular flexibility index (Phi) is 5.43. The maximum Gasteiger partial charge on any atom is 0.120 e. The number of nitrogens with one attached hydrogen (secondary N) is 1. The van der Waals surface area contributed by atoms with Crippen molar-refractivity contribution < 1.29 is 4.42 Å². The Balaban J connectivity index is 1.59. The summed E-state index contributed by atoms with van der Waals surface area (Å²) in [6, 6.07) is 4.40. The van der Waals surface area contributed by atoms with Crippen LogP contribution in [0.15, 0.2) is 16.5 Å². The van der Waals surface area contributed by atoms with Gasteiger partial charge in [0.2, 0.25) is 0 Å². The zero-order valence-electron chi connectivity index (χ0n) is 12.5. The molecule has 19 heavy (non-hydrogen) atoms. The summed E-state index contributed by atoms with van der Waals surface area (Å²) in [5.74, 6) is 2.03. The topological polar surface area (TPSA) is 31.6 Å². The molecule has 0 amide bonds. The van der Waals surface area contributed by atoms with Gasteiger partial charge in [0.05, 0.1) is 6.04 Å². The maximum absolute atomic E-state index is 5.63. The summed E-state index contributed by atoms with van der Waals surface area (Å²) >= 11 is 0. The van der Waals surface area contributed by atoms with Crippen LogP contribution >= 0.6 is 0 Å². The van der Waals surface area contributed by atoms with Crippen molar-refractivity contribution in [3.05, 3.63) is 23.7 Å². The number of piperazine rings is 1. The lowest BCUT2D eigenvalue weighted by Gasteiger charge is -2.32. The van der Waals surface area contributed by atoms with Crippen LogP contribution in [0.4, 0.5) is 0 Å². The normalized spacial score (nSPS) is 19.7. The number of hydrogen-bond donors (Lipinski definition) is 1. The molecule has 2 rings (SSSR count). The molecule has 1 atom stereocenters. The molecule has 0 radical (unpaired) electrons. The van der Waals surface area contributed by atoms with Gasteiger partial charge in [0.25, 0.3) is 0 Å². The van der Waals surface area contributed by atoms with E-state index in [9.17, 15) is 0 Å². The number of rotatable bonds is 6. The number of furan rings is 1. The van der Waals surface area contributed by atoms with Gasteiger partial charge in [0.15, 0.2) is 0 Å². The fourth-order valence-corrected chi connectivity index (χ4v) is 2.48. The molecule has 1 aliphatic heterocycles. The minimum absolute atomic E-state index is 0.307. The Morgan fingerprint density at radius 2 is 2.00 bits per heavy atom. The van der Waals surface area contributed by atoms with Gasteiger partial charge in [0.1, 0.15) is 11.5 Å². The van der Waals surface area contributed by atoms with E-state index in [1.54, 1.807) is 0 Å². The fraction of sp³-hybridized carbons (Fsp3) is 0.733. The predicted octanol–water partition coefficient (Wildman–Crippen LogP) is 1.88. The summed E-state index contributed by atoms with van der Waals surface area (Å²) in [5.41, 5.74) is 0. The van der Waals surface area contributed by atoms with Crippen LogP contribution < -0.4 is 5.32 Å². The quantitative estimate of drug-likeness (QED) is 0.796. The highest BCUT2D eigenvalue weighted by molar-refractivity contribution is 5.08. The first kappa shape index (κ1) is 14.6. The minimum Gasteiger partial charge on any atom is -0.465 e. The van der Waals surface area contributed by atoms with E-state index >= 15 is 0 Å². The zero-order valence-corrected chi connectivity index (χ0v) is 12.5. The highest BCUT2D eigenvalue weighted by Gasteiger charge is 2.13. The smallest absolute Gasteiger partial charge is 0.120 e. The number of hydrogen-bond acceptors (Lipinski definition) is 4. The second-order valence-corrected chi connectivity index (χ2v) is 5.62. The highest BCUT2D eigenvalue weighted by Crippen LogP contribution is 2.15. The van der Waals surface area contributed by atoms with Gasteiger partial charge in [-0.1, -0.05) is 0 Å². The molecule has 0 saturated carbocycles. The summed E-state index contributed by atoms with van der Waals surface area (Å²) in [6.45, 7) is 11.2. The predicted molar refractivity (Wildman–Crippen MR) is 78.4 cm³/mol. The van der Waals surface area contributed by atoms with E-state index in [0.717, 1.165) is 18.1 Å². The summed E-state index contributed by atoms with van der Waals surface area (Å²) in [5, 5.41) is 3.53. The molecule has 0 bridgehead atoms. The molecule has 1 saturated heterocycles. The van der Waals surface area contributed by atoms with Gasteiger partial charge in [-0.3, -0.25) is 0 Å². The van der Waals surface area contributed by atoms with Gasteiger partial charge in [-0.05, 0) is 52.5 Å². The molecule has 4 nitrogen and oxygen atoms in total. The lowest BCUT2D eigenvalue weighted by atomic mass is 10.2. The Hall–Kier alpha value is -0.840. The van der Waals surface area contributed by atoms with Gasteiger partial charge >= 0.3 is 0 Å². The molecular weight excluding hydrogens is 238 g/mol. The van der Waals surface area contributed by atoms with E-state index in [1.807, 2.05) is 13.0 Å². The molecule has 1 aromatic heterocycles. The van der Waals surface area contributed by atoms with E-state index < -0.39 is 0 Å². The molecule has 1 N–H and O–H groups in total. The Morgan fingerprint density at radius 1 is 1.26 bits per heavy atom. The fourth-order valence-electron chi connectivity index (χ4n) is 2.48. The molecule has 1 aromatic rings. The molecule has 4 heteroatoms. The third-order valence-electron chi connectivity index (χ3n) is 3.89. The van der Waals surface area contributed by atoms with Crippen molar-refractivity contribution in [2.45, 2.75) is 26.3 Å². The van der Waals surface area contributed by atoms with Gasteiger partial charge < -0.3 is 19.5 Å². The van der Waals surface area contributed by atoms with E-state index in [0.29, 0.717) is 6.04 Å². The van der Waals surface area contributed by atoms with Gasteiger partial charge in [-0.25, -0.2) is 0 Å². The largest absolute Gasteiger partial charge is 0.465 e. The Labute approximate surface area is 116 Å². The van der Waals surface area contributed by atoms with Crippen LogP contribution in [0.1, 0.15) is 30.9 Å². The van der Waals surface area contributed by atoms with E-state index in [1.165, 1.54) is 39.1 Å². The summed E-state index contributed by atoms with van der Waals surface area (Å²) in [7, 11) is 2.20. The second-order valence-electron chi connectivity index (χ2n) is 5.62. The molecule has 1 unspecified atom stereocenters. The molecule has 108 valence electrons. The van der Waals surface area contributed by atoms with E-state index in [4.69, 9.17) is 4.42 Å². The Bertz CT molecular complexity index is 369. The average molecular weight is 265 g/mol. The lowest BCUT2D eigenvalue weighted by molar-refractivity contribution is 0.152. The van der Waals surface area contributed by atoms with E-state index in [2.05, 4.69) is 35.2 Å². The minimum atomic E-state index is 0.307. The summed E-state index contributed by atoms with van der Waals surface area (Å²) in [6.07, 6.45) is 1.20. The van der Waals surface area contributed by atoms with Crippen LogP contribution in [0, 0.1) is 6.92 Å². The molecule has 0 spiro atoms. The summed E-state index contributed by atoms with van der Waals surface area (Å²) in [4.78, 5) is 4.96. The van der Waals surface area contributed by atoms with Crippen molar-refractivity contribution in [2.75, 3.05) is 46.3 Å². The van der Waals surface area contributed by atoms with Crippen LogP contribution in [0.3, 0.4) is 0 Å². The van der Waals surface area contributed by atoms with Crippen molar-refractivity contribution in [3.63, 3.8) is 0 Å². The highest BCUT2D eigenvalue weighted by atomic mass is 16.3. The van der Waals surface area contributed by atoms with E-state index in [-0.39, 0.29) is 0 Å². The van der Waals surface area contributed by atoms with Gasteiger partial charge in [0, 0.05) is 26.2 Å². The first-order valence-corrected chi connectivity index (χ1v) is 7.36. The van der Waals surface area contributed by atoms with Crippen LogP contribution in [0.5, 0.6) is 0 Å². The number of aryl methyl sites for hydroxylation is 1. The summed E-state index contributed by atoms with van der Waals surface area (Å²) < 4.78 is 5.63. The van der Waals surface area contributed by atoms with Crippen molar-refractivity contribution in [1.29, 1.82) is 0 Å². The van der Waals surface area contributed by atoms with Gasteiger partial charge in [-0.15, -0.1) is 0 Å². The first-order chi connectivity index (χ1) is 9.15. The Morgan fingerprint density at radius 3 is 2.63 bits per heavy atom. The van der Waals surface area contributed by atoms with Crippen LogP contribution in [-0.2, 0) is 0 Å². The van der Waals surface area contributed by atoms with Crippen LogP contribution in [0.25, 0.3) is 0 Å². The molecule has 0 aliphatic carbocycles. The van der Waals surface area contributed by atoms with Crippen molar-refractivity contribution in [1.82, 2.24) is 15.1 Å². The standard InChI is InChI=1S/C15H27N3O/c1-13-5-6-15(19-13)14(2)16-7-4-8-18-11-9-17(3)10-12-18/h5-6,14,16H,4,7-12H2,1-3H3. The monoisotopic (exact) mass is 265 g/mol. The molecule has 2 heterocycles. The zero-order chi connectivity index (χ0) is 13.7. The maximum atomic E-state index is 5.63. The third kappa shape index (κ3) is 4.64. The average Bonchev–Trinajstić information content (AvgIpc) is 2.83. The van der Waals surface area contributed by atoms with Crippen LogP contribution in [0.2, 0.25) is 0 Å². The second kappa shape index (κ2) is 7.08. The SMILES string of the molecule is Cc1ccc(C(C)NCCCN2CCN(C)CC2)o1. The van der Waals surface area contributed by atoms with Crippen molar-refractivity contribution >= 4 is 0 Å². The molecular formula is C15H27N3O. The van der Waals surface area contributed by atoms with Crippen molar-refractivity contribution in [2.24, 2.45) is 0 Å². The first-order valence-electron chi connectivity index (χ1n) is 7.36. The molecule has 0 aromatic carbocycles. The number of nitrogens with zero attached hydrogens (tertiary/aromatic N) is 2. The third-order valence-corrected chi connectivity index (χ3v) is 3.89. The molecule has 1 fully saturated rings. The van der Waals surface area contributed by atoms with Crippen molar-refractivity contribution in [3.8, 4) is 0 Å². The number of likely N-dealkylation sites (N-methyl/N-ethyl adjacent to an activating group) is 1.